The molecule has 4 heteroatoms. The van der Waals surface area contributed by atoms with Gasteiger partial charge in [0, 0.05) is 0 Å². The Bertz CT molecular complexity index is 386. The van der Waals surface area contributed by atoms with Gasteiger partial charge in [0.2, 0.25) is 5.78 Å². The van der Waals surface area contributed by atoms with Crippen molar-refractivity contribution in [2.75, 3.05) is 7.11 Å². The fraction of sp³-hybridized carbons (Fsp3) is 0.364. The minimum Gasteiger partial charge on any atom is -0.496 e. The van der Waals surface area contributed by atoms with E-state index in [9.17, 15) is 13.6 Å². The zero-order chi connectivity index (χ0) is 11.6. The minimum absolute atomic E-state index is 0.0596. The van der Waals surface area contributed by atoms with Crippen LogP contribution in [0.1, 0.15) is 21.5 Å². The second-order valence-electron chi connectivity index (χ2n) is 3.30. The van der Waals surface area contributed by atoms with Crippen molar-refractivity contribution in [1.29, 1.82) is 0 Å². The van der Waals surface area contributed by atoms with Crippen molar-refractivity contribution in [3.8, 4) is 5.75 Å². The summed E-state index contributed by atoms with van der Waals surface area (Å²) in [5, 5.41) is 0. The topological polar surface area (TPSA) is 26.3 Å². The third kappa shape index (κ3) is 2.32. The summed E-state index contributed by atoms with van der Waals surface area (Å²) in [5.74, 6) is -1.00. The average molecular weight is 214 g/mol. The Balaban J connectivity index is 3.27. The smallest absolute Gasteiger partial charge is 0.300 e. The Morgan fingerprint density at radius 2 is 1.80 bits per heavy atom. The molecule has 1 aromatic rings. The van der Waals surface area contributed by atoms with Crippen molar-refractivity contribution in [3.05, 3.63) is 28.8 Å². The van der Waals surface area contributed by atoms with Gasteiger partial charge in [-0.1, -0.05) is 0 Å². The number of benzene rings is 1. The number of Topliss-reactive ketones (excluding diaryl/α,β-unsaturated/α-hetero) is 1. The summed E-state index contributed by atoms with van der Waals surface area (Å²) < 4.78 is 29.4. The van der Waals surface area contributed by atoms with Crippen LogP contribution in [0.15, 0.2) is 12.1 Å². The quantitative estimate of drug-likeness (QED) is 0.723. The van der Waals surface area contributed by atoms with E-state index in [2.05, 4.69) is 0 Å². The maximum absolute atomic E-state index is 12.3. The number of carbonyl (C=O) groups excluding carboxylic acids is 1. The highest BCUT2D eigenvalue weighted by Crippen LogP contribution is 2.25. The standard InChI is InChI=1S/C11H12F2O2/c1-6-4-8(10(14)11(12)13)9(15-3)5-7(6)2/h4-5,11H,1-3H3. The fourth-order valence-corrected chi connectivity index (χ4v) is 1.27. The SMILES string of the molecule is COc1cc(C)c(C)cc1C(=O)C(F)F. The molecule has 0 atom stereocenters. The molecule has 0 aliphatic carbocycles. The molecule has 0 aromatic heterocycles. The van der Waals surface area contributed by atoms with Crippen molar-refractivity contribution < 1.29 is 18.3 Å². The number of aryl methyl sites for hydroxylation is 2. The van der Waals surface area contributed by atoms with E-state index in [1.54, 1.807) is 13.0 Å². The van der Waals surface area contributed by atoms with Crippen LogP contribution in [0.5, 0.6) is 5.75 Å². The van der Waals surface area contributed by atoms with Crippen LogP contribution in [0.3, 0.4) is 0 Å². The van der Waals surface area contributed by atoms with E-state index in [0.29, 0.717) is 0 Å². The summed E-state index contributed by atoms with van der Waals surface area (Å²) in [6.07, 6.45) is -3.00. The van der Waals surface area contributed by atoms with E-state index in [4.69, 9.17) is 4.74 Å². The lowest BCUT2D eigenvalue weighted by molar-refractivity contribution is 0.0675. The van der Waals surface area contributed by atoms with Gasteiger partial charge in [-0.3, -0.25) is 4.79 Å². The monoisotopic (exact) mass is 214 g/mol. The molecule has 0 spiro atoms. The molecule has 2 nitrogen and oxygen atoms in total. The van der Waals surface area contributed by atoms with Crippen molar-refractivity contribution >= 4 is 5.78 Å². The first-order valence-electron chi connectivity index (χ1n) is 4.45. The molecule has 0 radical (unpaired) electrons. The first kappa shape index (κ1) is 11.6. The molecule has 1 aromatic carbocycles. The number of alkyl halides is 2. The number of methoxy groups -OCH3 is 1. The van der Waals surface area contributed by atoms with E-state index in [-0.39, 0.29) is 11.3 Å². The van der Waals surface area contributed by atoms with Crippen molar-refractivity contribution in [3.63, 3.8) is 0 Å². The van der Waals surface area contributed by atoms with E-state index < -0.39 is 12.2 Å². The van der Waals surface area contributed by atoms with Crippen LogP contribution in [0.4, 0.5) is 8.78 Å². The number of rotatable bonds is 3. The van der Waals surface area contributed by atoms with Gasteiger partial charge in [-0.15, -0.1) is 0 Å². The molecule has 1 rings (SSSR count). The van der Waals surface area contributed by atoms with Gasteiger partial charge in [-0.2, -0.15) is 0 Å². The minimum atomic E-state index is -3.00. The lowest BCUT2D eigenvalue weighted by Crippen LogP contribution is -2.12. The third-order valence-corrected chi connectivity index (χ3v) is 2.28. The molecule has 0 amide bonds. The summed E-state index contributed by atoms with van der Waals surface area (Å²) in [6.45, 7) is 3.59. The number of hydrogen-bond acceptors (Lipinski definition) is 2. The van der Waals surface area contributed by atoms with Crippen LogP contribution >= 0.6 is 0 Å². The second-order valence-corrected chi connectivity index (χ2v) is 3.30. The highest BCUT2D eigenvalue weighted by atomic mass is 19.3. The Morgan fingerprint density at radius 3 is 2.27 bits per heavy atom. The largest absolute Gasteiger partial charge is 0.496 e. The summed E-state index contributed by atoms with van der Waals surface area (Å²) in [6, 6.07) is 3.02. The van der Waals surface area contributed by atoms with E-state index >= 15 is 0 Å². The summed E-state index contributed by atoms with van der Waals surface area (Å²) in [7, 11) is 1.35. The fourth-order valence-electron chi connectivity index (χ4n) is 1.27. The molecule has 0 fully saturated rings. The molecule has 0 saturated carbocycles. The predicted molar refractivity (Wildman–Crippen MR) is 52.8 cm³/mol. The predicted octanol–water partition coefficient (Wildman–Crippen LogP) is 2.76. The van der Waals surface area contributed by atoms with Gasteiger partial charge in [-0.25, -0.2) is 8.78 Å². The molecule has 0 bridgehead atoms. The van der Waals surface area contributed by atoms with Crippen LogP contribution in [0, 0.1) is 13.8 Å². The Labute approximate surface area is 86.9 Å². The lowest BCUT2D eigenvalue weighted by Gasteiger charge is -2.10. The number of ketones is 1. The number of ether oxygens (including phenoxy) is 1. The Hall–Kier alpha value is -1.45. The number of halogens is 2. The maximum Gasteiger partial charge on any atom is 0.300 e. The first-order valence-corrected chi connectivity index (χ1v) is 4.45. The Kier molecular flexibility index (Phi) is 3.39. The maximum atomic E-state index is 12.3. The molecule has 15 heavy (non-hydrogen) atoms. The van der Waals surface area contributed by atoms with Gasteiger partial charge in [0.1, 0.15) is 5.75 Å². The zero-order valence-electron chi connectivity index (χ0n) is 8.80. The van der Waals surface area contributed by atoms with Gasteiger partial charge < -0.3 is 4.74 Å². The van der Waals surface area contributed by atoms with E-state index in [1.807, 2.05) is 6.92 Å². The van der Waals surface area contributed by atoms with Gasteiger partial charge >= 0.3 is 6.43 Å². The zero-order valence-corrected chi connectivity index (χ0v) is 8.80. The molecule has 0 aliphatic rings. The van der Waals surface area contributed by atoms with Gasteiger partial charge in [0.25, 0.3) is 0 Å². The van der Waals surface area contributed by atoms with Gasteiger partial charge in [-0.05, 0) is 37.1 Å². The Morgan fingerprint density at radius 1 is 1.27 bits per heavy atom. The summed E-state index contributed by atoms with van der Waals surface area (Å²) in [4.78, 5) is 11.2. The molecule has 82 valence electrons. The summed E-state index contributed by atoms with van der Waals surface area (Å²) in [5.41, 5.74) is 1.63. The van der Waals surface area contributed by atoms with Crippen LogP contribution in [-0.4, -0.2) is 19.3 Å². The normalized spacial score (nSPS) is 10.5. The van der Waals surface area contributed by atoms with Crippen LogP contribution in [0.25, 0.3) is 0 Å². The second kappa shape index (κ2) is 4.38. The number of carbonyl (C=O) groups is 1. The molecule has 0 saturated heterocycles. The molecular weight excluding hydrogens is 202 g/mol. The van der Waals surface area contributed by atoms with Crippen molar-refractivity contribution in [1.82, 2.24) is 0 Å². The summed E-state index contributed by atoms with van der Waals surface area (Å²) >= 11 is 0. The highest BCUT2D eigenvalue weighted by Gasteiger charge is 2.22. The first-order chi connectivity index (χ1) is 6.97. The molecule has 0 heterocycles. The van der Waals surface area contributed by atoms with Crippen molar-refractivity contribution in [2.45, 2.75) is 20.3 Å². The van der Waals surface area contributed by atoms with E-state index in [0.717, 1.165) is 11.1 Å². The van der Waals surface area contributed by atoms with Crippen LogP contribution < -0.4 is 4.74 Å². The molecular formula is C11H12F2O2. The molecule has 0 N–H and O–H groups in total. The third-order valence-electron chi connectivity index (χ3n) is 2.28. The van der Waals surface area contributed by atoms with Gasteiger partial charge in [0.15, 0.2) is 0 Å². The van der Waals surface area contributed by atoms with Crippen molar-refractivity contribution in [2.24, 2.45) is 0 Å². The lowest BCUT2D eigenvalue weighted by atomic mass is 10.0. The average Bonchev–Trinajstić information content (AvgIpc) is 2.20. The number of hydrogen-bond donors (Lipinski definition) is 0. The van der Waals surface area contributed by atoms with Crippen LogP contribution in [-0.2, 0) is 0 Å². The molecule has 0 aliphatic heterocycles. The highest BCUT2D eigenvalue weighted by molar-refractivity contribution is 6.01. The molecule has 0 unspecified atom stereocenters. The van der Waals surface area contributed by atoms with Crippen LogP contribution in [0.2, 0.25) is 0 Å². The van der Waals surface area contributed by atoms with E-state index in [1.165, 1.54) is 13.2 Å². The van der Waals surface area contributed by atoms with Gasteiger partial charge in [0.05, 0.1) is 12.7 Å².